The van der Waals surface area contributed by atoms with Crippen molar-refractivity contribution in [1.29, 1.82) is 0 Å². The lowest BCUT2D eigenvalue weighted by Gasteiger charge is -2.63. The molecule has 1 amide bonds. The zero-order chi connectivity index (χ0) is 25.2. The number of nitrogens with zero attached hydrogens (tertiary/aromatic N) is 3. The molecule has 0 aromatic heterocycles. The summed E-state index contributed by atoms with van der Waals surface area (Å²) in [6, 6.07) is 23.0. The first-order valence-electron chi connectivity index (χ1n) is 14.7. The first-order valence-corrected chi connectivity index (χ1v) is 14.7. The SMILES string of the molecule is CN1CCN(C23C[C@H](NCCC(=O)N4CCCC4)C([C@H](c4ccccc4)C2)[C@H](c2ccccc2)C3)CC1. The van der Waals surface area contributed by atoms with Crippen LogP contribution in [-0.2, 0) is 4.79 Å². The van der Waals surface area contributed by atoms with Crippen molar-refractivity contribution in [1.82, 2.24) is 20.0 Å². The number of likely N-dealkylation sites (tertiary alicyclic amines) is 1. The summed E-state index contributed by atoms with van der Waals surface area (Å²) in [5.74, 6) is 1.93. The van der Waals surface area contributed by atoms with Crippen molar-refractivity contribution in [3.63, 3.8) is 0 Å². The molecule has 0 spiro atoms. The van der Waals surface area contributed by atoms with E-state index in [2.05, 4.69) is 87.7 Å². The van der Waals surface area contributed by atoms with Gasteiger partial charge in [0.15, 0.2) is 0 Å². The van der Waals surface area contributed by atoms with E-state index in [1.807, 2.05) is 0 Å². The van der Waals surface area contributed by atoms with Gasteiger partial charge in [0.05, 0.1) is 0 Å². The quantitative estimate of drug-likeness (QED) is 0.615. The Balaban J connectivity index is 1.31. The van der Waals surface area contributed by atoms with Crippen LogP contribution in [0.4, 0.5) is 0 Å². The zero-order valence-electron chi connectivity index (χ0n) is 22.5. The van der Waals surface area contributed by atoms with Crippen LogP contribution in [-0.4, -0.2) is 85.0 Å². The summed E-state index contributed by atoms with van der Waals surface area (Å²) in [6.45, 7) is 7.30. The van der Waals surface area contributed by atoms with E-state index in [0.717, 1.165) is 58.7 Å². The fourth-order valence-corrected chi connectivity index (χ4v) is 8.17. The van der Waals surface area contributed by atoms with Gasteiger partial charge < -0.3 is 15.1 Å². The zero-order valence-corrected chi connectivity index (χ0v) is 22.5. The molecule has 2 aromatic rings. The summed E-state index contributed by atoms with van der Waals surface area (Å²) in [7, 11) is 2.26. The molecule has 3 atom stereocenters. The Bertz CT molecular complexity index is 980. The minimum absolute atomic E-state index is 0.202. The molecule has 2 aliphatic heterocycles. The fraction of sp³-hybridized carbons (Fsp3) is 0.594. The third-order valence-electron chi connectivity index (χ3n) is 10.0. The minimum atomic E-state index is 0.202. The lowest BCUT2D eigenvalue weighted by atomic mass is 9.51. The highest BCUT2D eigenvalue weighted by Crippen LogP contribution is 2.59. The topological polar surface area (TPSA) is 38.8 Å². The van der Waals surface area contributed by atoms with E-state index in [-0.39, 0.29) is 5.54 Å². The molecule has 37 heavy (non-hydrogen) atoms. The van der Waals surface area contributed by atoms with Crippen molar-refractivity contribution < 1.29 is 4.79 Å². The predicted octanol–water partition coefficient (Wildman–Crippen LogP) is 4.32. The Morgan fingerprint density at radius 1 is 0.811 bits per heavy atom. The van der Waals surface area contributed by atoms with Gasteiger partial charge in [-0.1, -0.05) is 60.7 Å². The van der Waals surface area contributed by atoms with Crippen LogP contribution in [0.3, 0.4) is 0 Å². The molecule has 0 radical (unpaired) electrons. The van der Waals surface area contributed by atoms with Crippen molar-refractivity contribution in [2.24, 2.45) is 5.92 Å². The first-order chi connectivity index (χ1) is 18.1. The number of nitrogens with one attached hydrogen (secondary N) is 1. The maximum atomic E-state index is 12.8. The highest BCUT2D eigenvalue weighted by Gasteiger charge is 2.57. The lowest BCUT2D eigenvalue weighted by Crippen LogP contribution is -2.67. The van der Waals surface area contributed by atoms with Gasteiger partial charge in [0, 0.05) is 63.8 Å². The highest BCUT2D eigenvalue weighted by atomic mass is 16.2. The summed E-state index contributed by atoms with van der Waals surface area (Å²) in [6.07, 6.45) is 6.64. The van der Waals surface area contributed by atoms with E-state index < -0.39 is 0 Å². The van der Waals surface area contributed by atoms with Gasteiger partial charge in [-0.3, -0.25) is 9.69 Å². The second-order valence-corrected chi connectivity index (χ2v) is 12.1. The standard InChI is InChI=1S/C32H44N4O/c1-34-18-20-36(21-19-34)32-22-27(25-10-4-2-5-11-25)31(28(23-32)26-12-6-3-7-13-26)29(24-32)33-15-14-30(37)35-16-8-9-17-35/h2-7,10-13,27-29,31,33H,8-9,14-24H2,1H3/t27-,28-,29-,31?,32?/m0/s1. The molecule has 0 unspecified atom stereocenters. The van der Waals surface area contributed by atoms with Crippen LogP contribution < -0.4 is 5.32 Å². The van der Waals surface area contributed by atoms with Crippen LogP contribution >= 0.6 is 0 Å². The number of amides is 1. The van der Waals surface area contributed by atoms with Crippen LogP contribution in [0.15, 0.2) is 60.7 Å². The Labute approximate surface area is 223 Å². The van der Waals surface area contributed by atoms with Crippen molar-refractivity contribution in [2.45, 2.75) is 61.9 Å². The molecule has 2 saturated heterocycles. The number of benzene rings is 2. The molecule has 3 aliphatic carbocycles. The van der Waals surface area contributed by atoms with E-state index in [0.29, 0.717) is 36.1 Å². The molecular formula is C32H44N4O. The van der Waals surface area contributed by atoms with E-state index >= 15 is 0 Å². The molecule has 5 fully saturated rings. The van der Waals surface area contributed by atoms with Crippen LogP contribution in [0.1, 0.15) is 61.5 Å². The van der Waals surface area contributed by atoms with Crippen molar-refractivity contribution in [3.05, 3.63) is 71.8 Å². The van der Waals surface area contributed by atoms with Crippen molar-refractivity contribution in [3.8, 4) is 0 Å². The monoisotopic (exact) mass is 500 g/mol. The second kappa shape index (κ2) is 10.9. The summed E-state index contributed by atoms with van der Waals surface area (Å²) in [4.78, 5) is 20.2. The van der Waals surface area contributed by atoms with Gasteiger partial charge in [-0.2, -0.15) is 0 Å². The molecule has 3 saturated carbocycles. The molecule has 2 aromatic carbocycles. The van der Waals surface area contributed by atoms with Crippen molar-refractivity contribution >= 4 is 5.91 Å². The van der Waals surface area contributed by atoms with Crippen LogP contribution in [0.25, 0.3) is 0 Å². The minimum Gasteiger partial charge on any atom is -0.343 e. The predicted molar refractivity (Wildman–Crippen MR) is 150 cm³/mol. The normalized spacial score (nSPS) is 32.6. The molecule has 2 bridgehead atoms. The van der Waals surface area contributed by atoms with E-state index in [4.69, 9.17) is 0 Å². The van der Waals surface area contributed by atoms with Gasteiger partial charge in [0.1, 0.15) is 0 Å². The molecule has 7 rings (SSSR count). The van der Waals surface area contributed by atoms with Gasteiger partial charge >= 0.3 is 0 Å². The molecule has 5 aliphatic rings. The third kappa shape index (κ3) is 5.10. The van der Waals surface area contributed by atoms with Gasteiger partial charge in [-0.25, -0.2) is 0 Å². The molecular weight excluding hydrogens is 456 g/mol. The fourth-order valence-electron chi connectivity index (χ4n) is 8.17. The van der Waals surface area contributed by atoms with E-state index in [1.54, 1.807) is 0 Å². The molecule has 2 heterocycles. The molecule has 5 heteroatoms. The van der Waals surface area contributed by atoms with Crippen molar-refractivity contribution in [2.75, 3.05) is 52.9 Å². The summed E-state index contributed by atoms with van der Waals surface area (Å²) in [5, 5.41) is 3.99. The summed E-state index contributed by atoms with van der Waals surface area (Å²) in [5.41, 5.74) is 3.19. The largest absolute Gasteiger partial charge is 0.343 e. The number of piperazine rings is 1. The average molecular weight is 501 g/mol. The summed E-state index contributed by atoms with van der Waals surface area (Å²) < 4.78 is 0. The maximum absolute atomic E-state index is 12.8. The van der Waals surface area contributed by atoms with Gasteiger partial charge in [-0.05, 0) is 68.0 Å². The number of hydrogen-bond donors (Lipinski definition) is 1. The van der Waals surface area contributed by atoms with Crippen LogP contribution in [0.2, 0.25) is 0 Å². The van der Waals surface area contributed by atoms with Crippen LogP contribution in [0.5, 0.6) is 0 Å². The van der Waals surface area contributed by atoms with Gasteiger partial charge in [0.2, 0.25) is 5.91 Å². The smallest absolute Gasteiger partial charge is 0.223 e. The van der Waals surface area contributed by atoms with Gasteiger partial charge in [0.25, 0.3) is 0 Å². The Morgan fingerprint density at radius 3 is 1.95 bits per heavy atom. The first kappa shape index (κ1) is 25.1. The number of carbonyl (C=O) groups is 1. The summed E-state index contributed by atoms with van der Waals surface area (Å²) >= 11 is 0. The van der Waals surface area contributed by atoms with Crippen LogP contribution in [0, 0.1) is 5.92 Å². The number of rotatable bonds is 7. The maximum Gasteiger partial charge on any atom is 0.223 e. The Kier molecular flexibility index (Phi) is 7.38. The highest BCUT2D eigenvalue weighted by molar-refractivity contribution is 5.76. The number of fused-ring (bicyclic) bond motifs is 3. The van der Waals surface area contributed by atoms with E-state index in [1.165, 1.54) is 30.4 Å². The molecule has 1 N–H and O–H groups in total. The third-order valence-corrected chi connectivity index (χ3v) is 10.0. The Hall–Kier alpha value is -2.21. The average Bonchev–Trinajstić information content (AvgIpc) is 3.50. The van der Waals surface area contributed by atoms with E-state index in [9.17, 15) is 4.79 Å². The second-order valence-electron chi connectivity index (χ2n) is 12.1. The Morgan fingerprint density at radius 2 is 1.38 bits per heavy atom. The lowest BCUT2D eigenvalue weighted by molar-refractivity contribution is -0.130. The molecule has 198 valence electrons. The number of likely N-dealkylation sites (N-methyl/N-ethyl adjacent to an activating group) is 1. The number of carbonyl (C=O) groups excluding carboxylic acids is 1. The number of hydrogen-bond acceptors (Lipinski definition) is 4. The molecule has 5 nitrogen and oxygen atoms in total. The van der Waals surface area contributed by atoms with Gasteiger partial charge in [-0.15, -0.1) is 0 Å².